The topological polar surface area (TPSA) is 102 Å². The molecular weight excluding hydrogens is 471 g/mol. The quantitative estimate of drug-likeness (QED) is 0.313. The van der Waals surface area contributed by atoms with Gasteiger partial charge in [-0.15, -0.1) is 0 Å². The summed E-state index contributed by atoms with van der Waals surface area (Å²) in [5.41, 5.74) is 1.08. The molecule has 0 fully saturated rings. The van der Waals surface area contributed by atoms with Crippen LogP contribution in [0.25, 0.3) is 16.6 Å². The largest absolute Gasteiger partial charge is 0.463 e. The number of rotatable bonds is 6. The lowest BCUT2D eigenvalue weighted by atomic mass is 10.2. The van der Waals surface area contributed by atoms with Gasteiger partial charge in [0.2, 0.25) is 0 Å². The van der Waals surface area contributed by atoms with E-state index in [9.17, 15) is 18.8 Å². The Balaban J connectivity index is 1.79. The highest BCUT2D eigenvalue weighted by Gasteiger charge is 2.24. The second kappa shape index (κ2) is 9.63. The normalized spacial score (nSPS) is 13.6. The van der Waals surface area contributed by atoms with Crippen LogP contribution in [0.4, 0.5) is 9.18 Å². The van der Waals surface area contributed by atoms with Crippen LogP contribution in [0.15, 0.2) is 63.7 Å². The molecule has 0 bridgehead atoms. The maximum absolute atomic E-state index is 13.7. The van der Waals surface area contributed by atoms with E-state index >= 15 is 0 Å². The van der Waals surface area contributed by atoms with Crippen LogP contribution in [0.2, 0.25) is 5.02 Å². The van der Waals surface area contributed by atoms with Crippen molar-refractivity contribution in [3.05, 3.63) is 74.9 Å². The number of nitrogens with zero attached hydrogens (tertiary/aromatic N) is 2. The number of para-hydroxylation sites is 1. The van der Waals surface area contributed by atoms with Gasteiger partial charge in [0.1, 0.15) is 5.82 Å². The molecule has 1 aromatic heterocycles. The number of halogens is 2. The third-order valence-electron chi connectivity index (χ3n) is 4.83. The molecule has 2 amide bonds. The van der Waals surface area contributed by atoms with Gasteiger partial charge in [-0.25, -0.2) is 19.0 Å². The molecule has 2 aromatic carbocycles. The average Bonchev–Trinajstić information content (AvgIpc) is 2.80. The summed E-state index contributed by atoms with van der Waals surface area (Å²) in [5.74, 6) is -1.03. The Hall–Kier alpha value is -3.37. The van der Waals surface area contributed by atoms with Crippen LogP contribution >= 0.6 is 23.4 Å². The summed E-state index contributed by atoms with van der Waals surface area (Å²) >= 11 is 7.09. The van der Waals surface area contributed by atoms with Crippen LogP contribution in [0.1, 0.15) is 6.92 Å². The lowest BCUT2D eigenvalue weighted by molar-refractivity contribution is -0.138. The van der Waals surface area contributed by atoms with Gasteiger partial charge in [0, 0.05) is 11.4 Å². The first kappa shape index (κ1) is 22.8. The molecule has 0 spiro atoms. The molecule has 0 radical (unpaired) electrons. The van der Waals surface area contributed by atoms with Crippen molar-refractivity contribution in [2.75, 3.05) is 18.9 Å². The number of ether oxygens (including phenoxy) is 1. The van der Waals surface area contributed by atoms with E-state index in [2.05, 4.69) is 15.6 Å². The number of amides is 2. The second-order valence-corrected chi connectivity index (χ2v) is 8.27. The van der Waals surface area contributed by atoms with Gasteiger partial charge in [0.25, 0.3) is 5.56 Å². The molecule has 11 heteroatoms. The zero-order valence-electron chi connectivity index (χ0n) is 17.4. The van der Waals surface area contributed by atoms with Crippen LogP contribution in [0, 0.1) is 5.82 Å². The summed E-state index contributed by atoms with van der Waals surface area (Å²) in [5, 5.41) is 5.69. The molecular formula is C22H18ClFN4O4S. The van der Waals surface area contributed by atoms with Crippen molar-refractivity contribution in [2.24, 2.45) is 0 Å². The molecule has 3 aromatic rings. The van der Waals surface area contributed by atoms with Gasteiger partial charge in [-0.2, -0.15) is 0 Å². The van der Waals surface area contributed by atoms with E-state index in [1.165, 1.54) is 22.8 Å². The van der Waals surface area contributed by atoms with E-state index in [4.69, 9.17) is 16.3 Å². The Bertz CT molecular complexity index is 1360. The predicted molar refractivity (Wildman–Crippen MR) is 123 cm³/mol. The standard InChI is InChI=1S/C22H18ClFN4O4S/c1-2-32-20(30)14-10-25-21(31)26-18(14)11-33-22-27-17-6-4-3-5-13(17)19(29)28(22)12-7-8-16(24)15(23)9-12/h3-9H,2,10-11H2,1H3,(H2,25,26,31). The zero-order valence-corrected chi connectivity index (χ0v) is 18.9. The Labute approximate surface area is 196 Å². The molecule has 0 atom stereocenters. The summed E-state index contributed by atoms with van der Waals surface area (Å²) in [6.07, 6.45) is 0. The number of esters is 1. The molecule has 0 saturated carbocycles. The van der Waals surface area contributed by atoms with Gasteiger partial charge < -0.3 is 15.4 Å². The summed E-state index contributed by atoms with van der Waals surface area (Å²) in [4.78, 5) is 42.1. The lowest BCUT2D eigenvalue weighted by Gasteiger charge is -2.21. The number of urea groups is 1. The Morgan fingerprint density at radius 3 is 2.82 bits per heavy atom. The van der Waals surface area contributed by atoms with Crippen molar-refractivity contribution in [2.45, 2.75) is 12.1 Å². The monoisotopic (exact) mass is 488 g/mol. The van der Waals surface area contributed by atoms with Gasteiger partial charge in [-0.05, 0) is 37.3 Å². The van der Waals surface area contributed by atoms with Crippen LogP contribution in [0.3, 0.4) is 0 Å². The number of hydrogen-bond acceptors (Lipinski definition) is 6. The van der Waals surface area contributed by atoms with E-state index in [-0.39, 0.29) is 40.2 Å². The van der Waals surface area contributed by atoms with Crippen molar-refractivity contribution in [3.8, 4) is 5.69 Å². The molecule has 8 nitrogen and oxygen atoms in total. The highest BCUT2D eigenvalue weighted by atomic mass is 35.5. The van der Waals surface area contributed by atoms with E-state index in [1.54, 1.807) is 31.2 Å². The van der Waals surface area contributed by atoms with Crippen LogP contribution < -0.4 is 16.2 Å². The number of carbonyl (C=O) groups is 2. The number of aromatic nitrogens is 2. The smallest absolute Gasteiger partial charge is 0.337 e. The fourth-order valence-electron chi connectivity index (χ4n) is 3.27. The SMILES string of the molecule is CCOC(=O)C1=C(CSc2nc3ccccc3c(=O)n2-c2ccc(F)c(Cl)c2)NC(=O)NC1. The first-order chi connectivity index (χ1) is 15.9. The average molecular weight is 489 g/mol. The number of carbonyl (C=O) groups excluding carboxylic acids is 2. The second-order valence-electron chi connectivity index (χ2n) is 6.92. The zero-order chi connectivity index (χ0) is 23.5. The predicted octanol–water partition coefficient (Wildman–Crippen LogP) is 3.40. The summed E-state index contributed by atoms with van der Waals surface area (Å²) in [6, 6.07) is 10.3. The van der Waals surface area contributed by atoms with Gasteiger partial charge in [0.15, 0.2) is 5.16 Å². The summed E-state index contributed by atoms with van der Waals surface area (Å²) in [6.45, 7) is 1.90. The number of benzene rings is 2. The van der Waals surface area contributed by atoms with Crippen molar-refractivity contribution >= 4 is 46.3 Å². The van der Waals surface area contributed by atoms with E-state index in [0.29, 0.717) is 22.3 Å². The Morgan fingerprint density at radius 2 is 2.06 bits per heavy atom. The molecule has 0 aliphatic carbocycles. The first-order valence-corrected chi connectivity index (χ1v) is 11.3. The number of fused-ring (bicyclic) bond motifs is 1. The molecule has 170 valence electrons. The maximum Gasteiger partial charge on any atom is 0.337 e. The van der Waals surface area contributed by atoms with Crippen LogP contribution in [-0.2, 0) is 9.53 Å². The van der Waals surface area contributed by atoms with Gasteiger partial charge >= 0.3 is 12.0 Å². The molecule has 1 aliphatic heterocycles. The highest BCUT2D eigenvalue weighted by molar-refractivity contribution is 7.99. The minimum Gasteiger partial charge on any atom is -0.463 e. The molecule has 1 aliphatic rings. The van der Waals surface area contributed by atoms with Crippen molar-refractivity contribution in [1.29, 1.82) is 0 Å². The lowest BCUT2D eigenvalue weighted by Crippen LogP contribution is -2.44. The minimum absolute atomic E-state index is 0.0199. The van der Waals surface area contributed by atoms with Crippen molar-refractivity contribution < 1.29 is 18.7 Å². The van der Waals surface area contributed by atoms with Gasteiger partial charge in [-0.3, -0.25) is 9.36 Å². The molecule has 2 N–H and O–H groups in total. The van der Waals surface area contributed by atoms with E-state index in [1.807, 2.05) is 0 Å². The number of nitrogens with one attached hydrogen (secondary N) is 2. The molecule has 33 heavy (non-hydrogen) atoms. The Morgan fingerprint density at radius 1 is 1.27 bits per heavy atom. The third-order valence-corrected chi connectivity index (χ3v) is 6.08. The Kier molecular flexibility index (Phi) is 6.66. The van der Waals surface area contributed by atoms with Gasteiger partial charge in [-0.1, -0.05) is 35.5 Å². The molecule has 4 rings (SSSR count). The van der Waals surface area contributed by atoms with Crippen molar-refractivity contribution in [3.63, 3.8) is 0 Å². The summed E-state index contributed by atoms with van der Waals surface area (Å²) in [7, 11) is 0. The first-order valence-electron chi connectivity index (χ1n) is 9.93. The van der Waals surface area contributed by atoms with Crippen LogP contribution in [-0.4, -0.2) is 40.5 Å². The van der Waals surface area contributed by atoms with Crippen molar-refractivity contribution in [1.82, 2.24) is 20.2 Å². The molecule has 0 saturated heterocycles. The van der Waals surface area contributed by atoms with Crippen LogP contribution in [0.5, 0.6) is 0 Å². The molecule has 2 heterocycles. The number of thioether (sulfide) groups is 1. The number of hydrogen-bond donors (Lipinski definition) is 2. The minimum atomic E-state index is -0.613. The van der Waals surface area contributed by atoms with E-state index < -0.39 is 17.8 Å². The fraction of sp³-hybridized carbons (Fsp3) is 0.182. The molecule has 0 unspecified atom stereocenters. The highest BCUT2D eigenvalue weighted by Crippen LogP contribution is 2.26. The summed E-state index contributed by atoms with van der Waals surface area (Å²) < 4.78 is 20.1. The van der Waals surface area contributed by atoms with E-state index in [0.717, 1.165) is 11.8 Å². The van der Waals surface area contributed by atoms with Gasteiger partial charge in [0.05, 0.1) is 40.3 Å². The fourth-order valence-corrected chi connectivity index (χ4v) is 4.44. The third kappa shape index (κ3) is 4.71. The maximum atomic E-state index is 13.7.